The molecule has 0 amide bonds. The van der Waals surface area contributed by atoms with Crippen molar-refractivity contribution in [3.05, 3.63) is 0 Å². The van der Waals surface area contributed by atoms with Gasteiger partial charge in [-0.3, -0.25) is 0 Å². The maximum Gasteiger partial charge on any atom is 2.00 e. The Morgan fingerprint density at radius 3 is 0.667 bits per heavy atom. The molecule has 32 valence electrons. The van der Waals surface area contributed by atoms with E-state index in [0.29, 0.717) is 0 Å². The second kappa shape index (κ2) is 46.6. The van der Waals surface area contributed by atoms with Crippen LogP contribution in [0.4, 0.5) is 0 Å². The Morgan fingerprint density at radius 1 is 0.667 bits per heavy atom. The van der Waals surface area contributed by atoms with Crippen LogP contribution in [-0.4, -0.2) is 48.7 Å². The fourth-order valence-corrected chi connectivity index (χ4v) is 0. The van der Waals surface area contributed by atoms with E-state index in [1.54, 1.807) is 0 Å². The van der Waals surface area contributed by atoms with Gasteiger partial charge >= 0.3 is 67.3 Å². The molecule has 0 atom stereocenters. The van der Waals surface area contributed by atoms with Crippen molar-refractivity contribution in [3.8, 4) is 0 Å². The van der Waals surface area contributed by atoms with Gasteiger partial charge in [-0.05, 0) is 0 Å². The third kappa shape index (κ3) is 29.4. The van der Waals surface area contributed by atoms with Gasteiger partial charge < -0.3 is 35.8 Å². The molecule has 0 unspecified atom stereocenters. The maximum atomic E-state index is 0. The monoisotopic (exact) mass is 169 g/mol. The number of rotatable bonds is 0. The molecule has 0 bridgehead atoms. The van der Waals surface area contributed by atoms with E-state index < -0.39 is 0 Å². The number of hydrogen-bond donors (Lipinski definition) is 0. The van der Waals surface area contributed by atoms with Crippen LogP contribution >= 0.6 is 0 Å². The van der Waals surface area contributed by atoms with Gasteiger partial charge in [0.2, 0.25) is 0 Å². The Balaban J connectivity index is 0. The van der Waals surface area contributed by atoms with Crippen LogP contribution in [0, 0.1) is 0 Å². The predicted octanol–water partition coefficient (Wildman–Crippen LogP) is -11.0. The Bertz CT molecular complexity index is 11.5. The summed E-state index contributed by atoms with van der Waals surface area (Å²) >= 11 is 0. The molecule has 0 aromatic heterocycles. The van der Waals surface area contributed by atoms with Gasteiger partial charge in [0.15, 0.2) is 0 Å². The van der Waals surface area contributed by atoms with E-state index >= 15 is 0 Å². The molecule has 0 spiro atoms. The summed E-state index contributed by atoms with van der Waals surface area (Å²) in [5, 5.41) is 0. The molecule has 0 fully saturated rings. The minimum Gasteiger partial charge on any atom is -1.00 e. The molecule has 0 aromatic carbocycles. The Kier molecular flexibility index (Phi) is 537. The third-order valence-corrected chi connectivity index (χ3v) is 0. The first-order valence-electron chi connectivity index (χ1n) is 0. The van der Waals surface area contributed by atoms with Crippen LogP contribution in [0.2, 0.25) is 0 Å². The van der Waals surface area contributed by atoms with Gasteiger partial charge in [0.25, 0.3) is 0 Å². The maximum absolute atomic E-state index is 0. The van der Waals surface area contributed by atoms with Gasteiger partial charge in [-0.1, -0.05) is 0 Å². The summed E-state index contributed by atoms with van der Waals surface area (Å²) in [5.41, 5.74) is 0. The summed E-state index contributed by atoms with van der Waals surface area (Å²) in [6.45, 7) is 0. The van der Waals surface area contributed by atoms with Gasteiger partial charge in [0.05, 0.1) is 0 Å². The fourth-order valence-electron chi connectivity index (χ4n) is 0. The van der Waals surface area contributed by atoms with Crippen molar-refractivity contribution in [3.63, 3.8) is 0 Å². The van der Waals surface area contributed by atoms with Crippen molar-refractivity contribution >= 4 is 37.7 Å². The first-order chi connectivity index (χ1) is 0. The topological polar surface area (TPSA) is 63.0 Å². The molecule has 0 radical (unpaired) electrons. The van der Waals surface area contributed by atoms with E-state index in [-0.39, 0.29) is 103 Å². The largest absolute Gasteiger partial charge is 2.00 e. The molecule has 0 aliphatic rings. The molecule has 0 aliphatic carbocycles. The first kappa shape index (κ1) is 69.3. The van der Waals surface area contributed by atoms with Crippen LogP contribution < -0.4 is 54.4 Å². The summed E-state index contributed by atoms with van der Waals surface area (Å²) in [4.78, 5) is 0. The zero-order valence-electron chi connectivity index (χ0n) is 3.46. The van der Waals surface area contributed by atoms with E-state index in [1.807, 2.05) is 0 Å². The van der Waals surface area contributed by atoms with Crippen LogP contribution in [-0.2, 0) is 0 Å². The molecule has 0 aromatic rings. The van der Waals surface area contributed by atoms with Gasteiger partial charge in [-0.2, -0.15) is 0 Å². The van der Waals surface area contributed by atoms with Crippen molar-refractivity contribution in [2.45, 2.75) is 0 Å². The average Bonchev–Trinajstić information content (AvgIpc) is 0. The summed E-state index contributed by atoms with van der Waals surface area (Å²) < 4.78 is 0. The van der Waals surface area contributed by atoms with Crippen molar-refractivity contribution in [2.24, 2.45) is 0 Å². The summed E-state index contributed by atoms with van der Waals surface area (Å²) in [6.07, 6.45) is 0. The van der Waals surface area contributed by atoms with Crippen molar-refractivity contribution < 1.29 is 65.3 Å². The molecule has 0 aliphatic heterocycles. The average molecular weight is 170 g/mol. The van der Waals surface area contributed by atoms with Gasteiger partial charge in [0, 0.05) is 0 Å². The van der Waals surface area contributed by atoms with E-state index in [4.69, 9.17) is 0 Å². The Labute approximate surface area is 101 Å². The van der Waals surface area contributed by atoms with E-state index in [1.165, 1.54) is 0 Å². The smallest absolute Gasteiger partial charge is 1.00 e. The summed E-state index contributed by atoms with van der Waals surface area (Å²) in [5.74, 6) is 0. The predicted molar refractivity (Wildman–Crippen MR) is 13.0 cm³/mol. The molecule has 0 heterocycles. The molecular weight excluding hydrogens is 166 g/mol. The zero-order chi connectivity index (χ0) is 0. The molecule has 4 N–H and O–H groups in total. The molecule has 6 heteroatoms. The van der Waals surface area contributed by atoms with Crippen LogP contribution in [0.5, 0.6) is 0 Å². The van der Waals surface area contributed by atoms with Crippen molar-refractivity contribution in [1.29, 1.82) is 0 Å². The summed E-state index contributed by atoms with van der Waals surface area (Å²) in [7, 11) is 0. The molecule has 0 rings (SSSR count). The summed E-state index contributed by atoms with van der Waals surface area (Å²) in [6, 6.07) is 0. The van der Waals surface area contributed by atoms with Crippen LogP contribution in [0.15, 0.2) is 0 Å². The van der Waals surface area contributed by atoms with Crippen molar-refractivity contribution in [1.82, 2.24) is 0 Å². The number of halogens is 2. The van der Waals surface area contributed by atoms with Crippen molar-refractivity contribution in [2.75, 3.05) is 0 Å². The molecule has 2 nitrogen and oxygen atoms in total. The SMILES string of the molecule is O.O.[Ca+2].[Cl-].[Cl-].[Na+]. The van der Waals surface area contributed by atoms with E-state index in [0.717, 1.165) is 0 Å². The minimum absolute atomic E-state index is 0. The van der Waals surface area contributed by atoms with E-state index in [9.17, 15) is 0 Å². The van der Waals surface area contributed by atoms with Crippen LogP contribution in [0.1, 0.15) is 0 Å². The molecule has 0 saturated carbocycles. The Morgan fingerprint density at radius 2 is 0.667 bits per heavy atom. The van der Waals surface area contributed by atoms with Gasteiger partial charge in [0.1, 0.15) is 0 Å². The Hall–Kier alpha value is 2.76. The second-order valence-electron chi connectivity index (χ2n) is 0. The second-order valence-corrected chi connectivity index (χ2v) is 0. The van der Waals surface area contributed by atoms with Crippen LogP contribution in [0.25, 0.3) is 0 Å². The molecule has 6 heavy (non-hydrogen) atoms. The quantitative estimate of drug-likeness (QED) is 0.324. The zero-order valence-corrected chi connectivity index (χ0v) is 9.18. The minimum atomic E-state index is 0. The number of hydrogen-bond acceptors (Lipinski definition) is 0. The normalized spacial score (nSPS) is 0. The van der Waals surface area contributed by atoms with Gasteiger partial charge in [-0.25, -0.2) is 0 Å². The molecule has 0 saturated heterocycles. The molecular formula is H4CaCl2NaO2+. The fraction of sp³-hybridized carbons (Fsp3) is 0. The van der Waals surface area contributed by atoms with E-state index in [2.05, 4.69) is 0 Å². The third-order valence-electron chi connectivity index (χ3n) is 0. The first-order valence-corrected chi connectivity index (χ1v) is 0. The van der Waals surface area contributed by atoms with Crippen LogP contribution in [0.3, 0.4) is 0 Å². The van der Waals surface area contributed by atoms with Gasteiger partial charge in [-0.15, -0.1) is 0 Å². The standard InChI is InChI=1S/Ca.2ClH.Na.2H2O/h;2*1H;;2*1H2/q+2;;;+1;;/p-2.